The van der Waals surface area contributed by atoms with E-state index in [0.29, 0.717) is 12.0 Å². The van der Waals surface area contributed by atoms with E-state index in [-0.39, 0.29) is 5.76 Å². The molecule has 2 rings (SSSR count). The Bertz CT molecular complexity index is 516. The lowest BCUT2D eigenvalue weighted by molar-refractivity contribution is 0.389. The Balaban J connectivity index is 2.60. The van der Waals surface area contributed by atoms with Crippen molar-refractivity contribution < 1.29 is 18.1 Å². The van der Waals surface area contributed by atoms with Crippen LogP contribution in [0.15, 0.2) is 36.1 Å². The molecule has 0 bridgehead atoms. The molecule has 1 unspecified atom stereocenters. The lowest BCUT2D eigenvalue weighted by Gasteiger charge is -2.19. The van der Waals surface area contributed by atoms with Crippen LogP contribution in [0.4, 0.5) is 0 Å². The van der Waals surface area contributed by atoms with Crippen LogP contribution in [0.25, 0.3) is 0 Å². The van der Waals surface area contributed by atoms with E-state index in [1.807, 2.05) is 0 Å². The number of rotatable bonds is 1. The van der Waals surface area contributed by atoms with Gasteiger partial charge in [-0.05, 0) is 17.2 Å². The molecule has 1 atom stereocenters. The predicted octanol–water partition coefficient (Wildman–Crippen LogP) is 1.61. The lowest BCUT2D eigenvalue weighted by Crippen LogP contribution is -2.16. The summed E-state index contributed by atoms with van der Waals surface area (Å²) in [5.41, 5.74) is 1.25. The summed E-state index contributed by atoms with van der Waals surface area (Å²) < 4.78 is 31.2. The highest BCUT2D eigenvalue weighted by Gasteiger charge is 2.29. The van der Waals surface area contributed by atoms with Gasteiger partial charge in [-0.15, -0.1) is 0 Å². The lowest BCUT2D eigenvalue weighted by atomic mass is 9.95. The van der Waals surface area contributed by atoms with Gasteiger partial charge >= 0.3 is 0 Å². The van der Waals surface area contributed by atoms with Crippen molar-refractivity contribution in [2.75, 3.05) is 0 Å². The highest BCUT2D eigenvalue weighted by molar-refractivity contribution is 7.86. The molecule has 0 aromatic heterocycles. The third-order valence-corrected chi connectivity index (χ3v) is 3.43. The van der Waals surface area contributed by atoms with E-state index >= 15 is 0 Å². The molecular weight excluding hydrogens is 216 g/mol. The summed E-state index contributed by atoms with van der Waals surface area (Å²) >= 11 is 0. The molecule has 80 valence electrons. The summed E-state index contributed by atoms with van der Waals surface area (Å²) in [4.78, 5) is 0. The zero-order valence-electron chi connectivity index (χ0n) is 7.79. The van der Waals surface area contributed by atoms with Gasteiger partial charge in [-0.1, -0.05) is 24.3 Å². The fourth-order valence-electron chi connectivity index (χ4n) is 1.74. The van der Waals surface area contributed by atoms with Gasteiger partial charge in [0.05, 0.1) is 5.76 Å². The molecule has 0 spiro atoms. The Morgan fingerprint density at radius 2 is 1.93 bits per heavy atom. The van der Waals surface area contributed by atoms with E-state index in [0.717, 1.165) is 11.6 Å². The van der Waals surface area contributed by atoms with Crippen LogP contribution in [0.2, 0.25) is 0 Å². The molecule has 0 amide bonds. The normalized spacial score (nSPS) is 20.6. The second-order valence-electron chi connectivity index (χ2n) is 3.47. The molecule has 1 aliphatic carbocycles. The second kappa shape index (κ2) is 3.36. The fourth-order valence-corrected chi connectivity index (χ4v) is 2.62. The van der Waals surface area contributed by atoms with Crippen LogP contribution >= 0.6 is 0 Å². The molecule has 2 N–H and O–H groups in total. The van der Waals surface area contributed by atoms with Crippen molar-refractivity contribution in [3.63, 3.8) is 0 Å². The standard InChI is InChI=1S/C10H10O4S/c11-8-5-7-3-1-2-4-9(7)10(6-8)15(12,13)14/h1-4,6,10-11H,5H2,(H,12,13,14). The molecule has 15 heavy (non-hydrogen) atoms. The van der Waals surface area contributed by atoms with E-state index in [4.69, 9.17) is 4.55 Å². The third-order valence-electron chi connectivity index (χ3n) is 2.40. The average molecular weight is 226 g/mol. The number of aliphatic hydroxyl groups excluding tert-OH is 1. The second-order valence-corrected chi connectivity index (χ2v) is 5.01. The number of allylic oxidation sites excluding steroid dienone is 1. The van der Waals surface area contributed by atoms with Crippen LogP contribution in [0, 0.1) is 0 Å². The molecule has 0 aliphatic heterocycles. The summed E-state index contributed by atoms with van der Waals surface area (Å²) in [7, 11) is -4.21. The first-order chi connectivity index (χ1) is 6.98. The zero-order chi connectivity index (χ0) is 11.1. The molecule has 1 aliphatic rings. The summed E-state index contributed by atoms with van der Waals surface area (Å²) in [6.07, 6.45) is 1.47. The van der Waals surface area contributed by atoms with Gasteiger partial charge < -0.3 is 5.11 Å². The highest BCUT2D eigenvalue weighted by Crippen LogP contribution is 2.32. The zero-order valence-corrected chi connectivity index (χ0v) is 8.61. The summed E-state index contributed by atoms with van der Waals surface area (Å²) in [5, 5.41) is 8.22. The molecule has 0 radical (unpaired) electrons. The van der Waals surface area contributed by atoms with Gasteiger partial charge in [0.25, 0.3) is 10.1 Å². The monoisotopic (exact) mass is 226 g/mol. The van der Waals surface area contributed by atoms with Gasteiger partial charge in [0.15, 0.2) is 0 Å². The Morgan fingerprint density at radius 1 is 1.27 bits per heavy atom. The predicted molar refractivity (Wildman–Crippen MR) is 55.1 cm³/mol. The van der Waals surface area contributed by atoms with Crippen molar-refractivity contribution in [2.45, 2.75) is 11.7 Å². The summed E-state index contributed by atoms with van der Waals surface area (Å²) in [6.45, 7) is 0. The fraction of sp³-hybridized carbons (Fsp3) is 0.200. The van der Waals surface area contributed by atoms with Crippen LogP contribution < -0.4 is 0 Å². The Morgan fingerprint density at radius 3 is 2.60 bits per heavy atom. The van der Waals surface area contributed by atoms with Crippen LogP contribution in [-0.4, -0.2) is 18.1 Å². The summed E-state index contributed by atoms with van der Waals surface area (Å²) in [6, 6.07) is 6.83. The molecule has 0 fully saturated rings. The van der Waals surface area contributed by atoms with E-state index in [2.05, 4.69) is 0 Å². The molecule has 5 heteroatoms. The molecule has 1 aromatic rings. The molecular formula is C10H10O4S. The molecule has 4 nitrogen and oxygen atoms in total. The van der Waals surface area contributed by atoms with Gasteiger partial charge in [0.1, 0.15) is 5.25 Å². The third kappa shape index (κ3) is 1.88. The maximum absolute atomic E-state index is 11.1. The largest absolute Gasteiger partial charge is 0.512 e. The number of benzene rings is 1. The van der Waals surface area contributed by atoms with Crippen LogP contribution in [0.3, 0.4) is 0 Å². The number of aliphatic hydroxyl groups is 1. The van der Waals surface area contributed by atoms with Gasteiger partial charge in [-0.2, -0.15) is 8.42 Å². The topological polar surface area (TPSA) is 74.6 Å². The first kappa shape index (κ1) is 10.2. The average Bonchev–Trinajstić information content (AvgIpc) is 2.15. The van der Waals surface area contributed by atoms with Crippen molar-refractivity contribution in [3.05, 3.63) is 47.2 Å². The number of fused-ring (bicyclic) bond motifs is 1. The van der Waals surface area contributed by atoms with E-state index in [1.165, 1.54) is 0 Å². The van der Waals surface area contributed by atoms with Crippen LogP contribution in [0.5, 0.6) is 0 Å². The Hall–Kier alpha value is -1.33. The maximum atomic E-state index is 11.1. The van der Waals surface area contributed by atoms with Gasteiger partial charge in [-0.25, -0.2) is 0 Å². The van der Waals surface area contributed by atoms with Gasteiger partial charge in [0.2, 0.25) is 0 Å². The minimum atomic E-state index is -4.21. The van der Waals surface area contributed by atoms with Crippen molar-refractivity contribution in [1.82, 2.24) is 0 Å². The first-order valence-corrected chi connectivity index (χ1v) is 5.92. The highest BCUT2D eigenvalue weighted by atomic mass is 32.2. The number of hydrogen-bond acceptors (Lipinski definition) is 3. The minimum absolute atomic E-state index is 0.0312. The van der Waals surface area contributed by atoms with Crippen molar-refractivity contribution in [2.24, 2.45) is 0 Å². The Labute approximate surface area is 87.6 Å². The molecule has 0 heterocycles. The molecule has 0 saturated carbocycles. The van der Waals surface area contributed by atoms with Crippen LogP contribution in [-0.2, 0) is 16.5 Å². The summed E-state index contributed by atoms with van der Waals surface area (Å²) in [5.74, 6) is -0.0312. The Kier molecular flexibility index (Phi) is 2.28. The van der Waals surface area contributed by atoms with E-state index in [9.17, 15) is 13.5 Å². The molecule has 0 saturated heterocycles. The minimum Gasteiger partial charge on any atom is -0.512 e. The maximum Gasteiger partial charge on any atom is 0.275 e. The first-order valence-electron chi connectivity index (χ1n) is 4.42. The van der Waals surface area contributed by atoms with E-state index in [1.54, 1.807) is 24.3 Å². The quantitative estimate of drug-likeness (QED) is 0.713. The van der Waals surface area contributed by atoms with Crippen molar-refractivity contribution >= 4 is 10.1 Å². The molecule has 1 aromatic carbocycles. The van der Waals surface area contributed by atoms with Crippen LogP contribution in [0.1, 0.15) is 16.4 Å². The number of hydrogen-bond donors (Lipinski definition) is 2. The smallest absolute Gasteiger partial charge is 0.275 e. The van der Waals surface area contributed by atoms with Crippen molar-refractivity contribution in [3.8, 4) is 0 Å². The van der Waals surface area contributed by atoms with Gasteiger partial charge in [-0.3, -0.25) is 4.55 Å². The SMILES string of the molecule is O=S(=O)(O)C1C=C(O)Cc2ccccc21. The van der Waals surface area contributed by atoms with Gasteiger partial charge in [0, 0.05) is 6.42 Å². The van der Waals surface area contributed by atoms with Crippen molar-refractivity contribution in [1.29, 1.82) is 0 Å². The van der Waals surface area contributed by atoms with E-state index < -0.39 is 15.4 Å².